The maximum atomic E-state index is 12.9. The molecular formula is C29H27N5O2. The third kappa shape index (κ3) is 3.32. The Morgan fingerprint density at radius 2 is 1.83 bits per heavy atom. The Balaban J connectivity index is 1.53. The van der Waals surface area contributed by atoms with Gasteiger partial charge in [-0.1, -0.05) is 61.5 Å². The van der Waals surface area contributed by atoms with Crippen molar-refractivity contribution in [1.82, 2.24) is 19.9 Å². The topological polar surface area (TPSA) is 97.6 Å². The average Bonchev–Trinajstić information content (AvgIpc) is 3.51. The van der Waals surface area contributed by atoms with Crippen molar-refractivity contribution < 1.29 is 9.32 Å². The molecule has 2 aromatic heterocycles. The van der Waals surface area contributed by atoms with Gasteiger partial charge in [0.25, 0.3) is 5.89 Å². The lowest BCUT2D eigenvalue weighted by Crippen LogP contribution is -2.51. The molecule has 2 aromatic carbocycles. The van der Waals surface area contributed by atoms with Crippen molar-refractivity contribution in [2.24, 2.45) is 17.8 Å². The van der Waals surface area contributed by atoms with E-state index in [4.69, 9.17) is 9.62 Å². The molecule has 180 valence electrons. The van der Waals surface area contributed by atoms with Crippen molar-refractivity contribution in [3.8, 4) is 34.5 Å². The first-order chi connectivity index (χ1) is 17.4. The number of benzene rings is 2. The Hall–Kier alpha value is -4.05. The number of fused-ring (bicyclic) bond motifs is 3. The number of hydrogen-bond donors (Lipinski definition) is 0. The molecule has 2 aliphatic carbocycles. The Morgan fingerprint density at radius 3 is 2.50 bits per heavy atom. The number of aromatic nitrogens is 4. The van der Waals surface area contributed by atoms with Gasteiger partial charge < -0.3 is 4.52 Å². The maximum absolute atomic E-state index is 12.9. The molecule has 4 atom stereocenters. The minimum atomic E-state index is -0.620. The van der Waals surface area contributed by atoms with E-state index < -0.39 is 5.92 Å². The largest absolute Gasteiger partial charge is 0.332 e. The summed E-state index contributed by atoms with van der Waals surface area (Å²) in [5.41, 5.74) is 5.62. The SMILES string of the molecule is Cc1noc(-c2nn(-c3ccc(-c4ccccc4)cc3)c3c2CC[C@@H]2[C@@H](C)C(=O)C(C#N)C[C@@]32C)n1. The second kappa shape index (κ2) is 8.27. The molecule has 1 unspecified atom stereocenters. The number of carbonyl (C=O) groups excluding carboxylic acids is 1. The molecule has 0 aliphatic heterocycles. The van der Waals surface area contributed by atoms with Gasteiger partial charge in [-0.3, -0.25) is 4.79 Å². The molecule has 0 N–H and O–H groups in total. The second-order valence-corrected chi connectivity index (χ2v) is 10.3. The number of ketones is 1. The van der Waals surface area contributed by atoms with E-state index in [9.17, 15) is 10.1 Å². The normalized spacial score (nSPS) is 25.2. The van der Waals surface area contributed by atoms with Crippen LogP contribution in [0.1, 0.15) is 43.8 Å². The fourth-order valence-electron chi connectivity index (χ4n) is 6.44. The summed E-state index contributed by atoms with van der Waals surface area (Å²) in [6, 6.07) is 20.9. The van der Waals surface area contributed by atoms with E-state index in [0.717, 1.165) is 40.9 Å². The van der Waals surface area contributed by atoms with Gasteiger partial charge in [0.15, 0.2) is 17.3 Å². The van der Waals surface area contributed by atoms with Crippen molar-refractivity contribution in [3.63, 3.8) is 0 Å². The van der Waals surface area contributed by atoms with E-state index in [-0.39, 0.29) is 23.0 Å². The van der Waals surface area contributed by atoms with Crippen LogP contribution in [-0.4, -0.2) is 25.7 Å². The van der Waals surface area contributed by atoms with Gasteiger partial charge in [0.1, 0.15) is 5.92 Å². The quantitative estimate of drug-likeness (QED) is 0.388. The summed E-state index contributed by atoms with van der Waals surface area (Å²) in [6.45, 7) is 5.97. The van der Waals surface area contributed by atoms with Crippen LogP contribution in [0.5, 0.6) is 0 Å². The molecule has 7 nitrogen and oxygen atoms in total. The number of carbonyl (C=O) groups is 1. The maximum Gasteiger partial charge on any atom is 0.278 e. The van der Waals surface area contributed by atoms with Gasteiger partial charge in [0.2, 0.25) is 0 Å². The van der Waals surface area contributed by atoms with Crippen LogP contribution in [0, 0.1) is 36.0 Å². The Labute approximate surface area is 209 Å². The number of nitriles is 1. The fraction of sp³-hybridized carbons (Fsp3) is 0.345. The van der Waals surface area contributed by atoms with Crippen molar-refractivity contribution in [3.05, 3.63) is 71.7 Å². The van der Waals surface area contributed by atoms with Gasteiger partial charge in [-0.05, 0) is 55.4 Å². The molecule has 36 heavy (non-hydrogen) atoms. The van der Waals surface area contributed by atoms with E-state index in [0.29, 0.717) is 23.8 Å². The summed E-state index contributed by atoms with van der Waals surface area (Å²) in [7, 11) is 0. The van der Waals surface area contributed by atoms with Gasteiger partial charge in [-0.2, -0.15) is 15.3 Å². The standard InChI is InChI=1S/C29H27N5O2/c1-17-24-14-13-23-25(28-31-18(2)33-36-28)32-34(27(23)29(24,3)15-21(16-30)26(17)35)22-11-9-20(10-12-22)19-7-5-4-6-8-19/h4-12,17,21,24H,13-15H2,1-3H3/t17-,21?,24-,29-/m1/s1. The van der Waals surface area contributed by atoms with Crippen LogP contribution in [-0.2, 0) is 16.6 Å². The van der Waals surface area contributed by atoms with Crippen LogP contribution >= 0.6 is 0 Å². The lowest BCUT2D eigenvalue weighted by Gasteiger charge is -2.49. The molecule has 0 spiro atoms. The molecule has 6 rings (SSSR count). The summed E-state index contributed by atoms with van der Waals surface area (Å²) >= 11 is 0. The molecule has 1 saturated carbocycles. The Kier molecular flexibility index (Phi) is 5.15. The molecule has 0 bridgehead atoms. The van der Waals surface area contributed by atoms with Crippen molar-refractivity contribution in [2.75, 3.05) is 0 Å². The average molecular weight is 478 g/mol. The van der Waals surface area contributed by atoms with E-state index in [1.54, 1.807) is 6.92 Å². The minimum absolute atomic E-state index is 0.0643. The van der Waals surface area contributed by atoms with E-state index in [1.807, 2.05) is 29.8 Å². The van der Waals surface area contributed by atoms with Crippen LogP contribution in [0.4, 0.5) is 0 Å². The highest BCUT2D eigenvalue weighted by Crippen LogP contribution is 2.54. The zero-order valence-corrected chi connectivity index (χ0v) is 20.6. The molecule has 1 fully saturated rings. The van der Waals surface area contributed by atoms with Crippen LogP contribution in [0.2, 0.25) is 0 Å². The first-order valence-electron chi connectivity index (χ1n) is 12.4. The van der Waals surface area contributed by atoms with Crippen molar-refractivity contribution in [2.45, 2.75) is 45.4 Å². The molecule has 0 saturated heterocycles. The second-order valence-electron chi connectivity index (χ2n) is 10.3. The lowest BCUT2D eigenvalue weighted by atomic mass is 9.54. The van der Waals surface area contributed by atoms with Gasteiger partial charge in [-0.25, -0.2) is 4.68 Å². The van der Waals surface area contributed by atoms with E-state index in [2.05, 4.69) is 59.5 Å². The predicted molar refractivity (Wildman–Crippen MR) is 134 cm³/mol. The van der Waals surface area contributed by atoms with Gasteiger partial charge >= 0.3 is 0 Å². The molecule has 4 aromatic rings. The highest BCUT2D eigenvalue weighted by atomic mass is 16.5. The molecule has 7 heteroatoms. The zero-order valence-electron chi connectivity index (χ0n) is 20.6. The molecule has 2 aliphatic rings. The number of aryl methyl sites for hydroxylation is 1. The minimum Gasteiger partial charge on any atom is -0.332 e. The Morgan fingerprint density at radius 1 is 1.11 bits per heavy atom. The zero-order chi connectivity index (χ0) is 25.0. The summed E-state index contributed by atoms with van der Waals surface area (Å²) in [4.78, 5) is 17.4. The van der Waals surface area contributed by atoms with Crippen molar-refractivity contribution in [1.29, 1.82) is 5.26 Å². The monoisotopic (exact) mass is 477 g/mol. The molecular weight excluding hydrogens is 450 g/mol. The lowest BCUT2D eigenvalue weighted by molar-refractivity contribution is -0.132. The summed E-state index contributed by atoms with van der Waals surface area (Å²) in [6.07, 6.45) is 2.11. The first kappa shape index (κ1) is 22.4. The number of rotatable bonds is 3. The van der Waals surface area contributed by atoms with Gasteiger partial charge in [-0.15, -0.1) is 0 Å². The smallest absolute Gasteiger partial charge is 0.278 e. The molecule has 0 radical (unpaired) electrons. The van der Waals surface area contributed by atoms with Crippen LogP contribution < -0.4 is 0 Å². The molecule has 2 heterocycles. The summed E-state index contributed by atoms with van der Waals surface area (Å²) < 4.78 is 7.54. The Bertz CT molecular complexity index is 1490. The summed E-state index contributed by atoms with van der Waals surface area (Å²) in [5, 5.41) is 18.8. The fourth-order valence-corrected chi connectivity index (χ4v) is 6.44. The third-order valence-corrected chi connectivity index (χ3v) is 8.18. The first-order valence-corrected chi connectivity index (χ1v) is 12.4. The summed E-state index contributed by atoms with van der Waals surface area (Å²) in [5.74, 6) is 0.362. The predicted octanol–water partition coefficient (Wildman–Crippen LogP) is 5.47. The van der Waals surface area contributed by atoms with Crippen LogP contribution in [0.25, 0.3) is 28.4 Å². The highest BCUT2D eigenvalue weighted by Gasteiger charge is 2.54. The van der Waals surface area contributed by atoms with E-state index >= 15 is 0 Å². The number of Topliss-reactive ketones (excluding diaryl/α,β-unsaturated/α-hetero) is 1. The van der Waals surface area contributed by atoms with Crippen LogP contribution in [0.15, 0.2) is 59.1 Å². The number of hydrogen-bond acceptors (Lipinski definition) is 6. The van der Waals surface area contributed by atoms with Crippen molar-refractivity contribution >= 4 is 5.78 Å². The van der Waals surface area contributed by atoms with Gasteiger partial charge in [0.05, 0.1) is 17.5 Å². The van der Waals surface area contributed by atoms with Crippen LogP contribution in [0.3, 0.4) is 0 Å². The molecule has 0 amide bonds. The third-order valence-electron chi connectivity index (χ3n) is 8.18. The van der Waals surface area contributed by atoms with E-state index in [1.165, 1.54) is 0 Å². The van der Waals surface area contributed by atoms with Gasteiger partial charge in [0, 0.05) is 16.9 Å². The highest BCUT2D eigenvalue weighted by molar-refractivity contribution is 5.87. The number of nitrogens with zero attached hydrogens (tertiary/aromatic N) is 5.